The van der Waals surface area contributed by atoms with Crippen LogP contribution in [0.15, 0.2) is 12.1 Å². The number of phenolic OH excluding ortho intramolecular Hbond substituents is 1. The molecule has 0 aliphatic heterocycles. The Balaban J connectivity index is 2.71. The molecule has 5 nitrogen and oxygen atoms in total. The second-order valence-electron chi connectivity index (χ2n) is 4.61. The molecule has 21 heavy (non-hydrogen) atoms. The molecule has 0 aliphatic carbocycles. The number of carbonyl (C=O) groups is 1. The van der Waals surface area contributed by atoms with Crippen LogP contribution in [0.25, 0.3) is 0 Å². The summed E-state index contributed by atoms with van der Waals surface area (Å²) in [6.45, 7) is 4.52. The summed E-state index contributed by atoms with van der Waals surface area (Å²) in [5.41, 5.74) is 0.971. The van der Waals surface area contributed by atoms with E-state index in [0.29, 0.717) is 49.5 Å². The number of ether oxygens (including phenoxy) is 2. The molecule has 1 aromatic rings. The van der Waals surface area contributed by atoms with Gasteiger partial charge in [0.25, 0.3) is 0 Å². The minimum Gasteiger partial charge on any atom is -0.507 e. The Kier molecular flexibility index (Phi) is 7.27. The molecule has 0 saturated heterocycles. The van der Waals surface area contributed by atoms with Gasteiger partial charge in [0, 0.05) is 5.56 Å². The molecule has 0 bridgehead atoms. The number of ketones is 1. The van der Waals surface area contributed by atoms with Crippen LogP contribution in [0.5, 0.6) is 11.5 Å². The van der Waals surface area contributed by atoms with Crippen molar-refractivity contribution in [1.82, 2.24) is 0 Å². The average Bonchev–Trinajstić information content (AvgIpc) is 2.45. The molecule has 0 unspecified atom stereocenters. The van der Waals surface area contributed by atoms with Gasteiger partial charge in [0.15, 0.2) is 5.78 Å². The monoisotopic (exact) mass is 291 g/mol. The quantitative estimate of drug-likeness (QED) is 0.559. The van der Waals surface area contributed by atoms with Crippen molar-refractivity contribution in [3.05, 3.63) is 23.3 Å². The van der Waals surface area contributed by atoms with Crippen LogP contribution in [-0.4, -0.2) is 30.7 Å². The predicted octanol–water partition coefficient (Wildman–Crippen LogP) is 2.86. The molecule has 1 N–H and O–H groups in total. The van der Waals surface area contributed by atoms with Gasteiger partial charge in [-0.2, -0.15) is 5.26 Å². The van der Waals surface area contributed by atoms with Crippen LogP contribution < -0.4 is 4.74 Å². The normalized spacial score (nSPS) is 10.1. The van der Waals surface area contributed by atoms with Crippen molar-refractivity contribution in [3.8, 4) is 17.6 Å². The maximum atomic E-state index is 11.4. The summed E-state index contributed by atoms with van der Waals surface area (Å²) < 4.78 is 10.8. The zero-order chi connectivity index (χ0) is 15.7. The molecule has 0 aromatic heterocycles. The number of nitriles is 1. The molecule has 1 aromatic carbocycles. The van der Waals surface area contributed by atoms with Gasteiger partial charge in [-0.05, 0) is 25.5 Å². The summed E-state index contributed by atoms with van der Waals surface area (Å²) in [7, 11) is 0. The molecular weight excluding hydrogens is 270 g/mol. The molecule has 0 aliphatic rings. The lowest BCUT2D eigenvalue weighted by Gasteiger charge is -2.14. The van der Waals surface area contributed by atoms with Gasteiger partial charge in [-0.25, -0.2) is 0 Å². The molecule has 0 saturated carbocycles. The molecule has 0 amide bonds. The number of hydrogen-bond donors (Lipinski definition) is 1. The van der Waals surface area contributed by atoms with E-state index in [-0.39, 0.29) is 11.5 Å². The highest BCUT2D eigenvalue weighted by molar-refractivity contribution is 5.97. The van der Waals surface area contributed by atoms with Crippen LogP contribution in [0.4, 0.5) is 0 Å². The molecule has 0 heterocycles. The van der Waals surface area contributed by atoms with E-state index in [1.54, 1.807) is 12.1 Å². The van der Waals surface area contributed by atoms with Gasteiger partial charge >= 0.3 is 0 Å². The first-order chi connectivity index (χ1) is 10.1. The van der Waals surface area contributed by atoms with Gasteiger partial charge in [-0.15, -0.1) is 0 Å². The highest BCUT2D eigenvalue weighted by atomic mass is 16.5. The maximum absolute atomic E-state index is 11.4. The predicted molar refractivity (Wildman–Crippen MR) is 78.7 cm³/mol. The summed E-state index contributed by atoms with van der Waals surface area (Å²) in [6.07, 6.45) is 1.83. The lowest BCUT2D eigenvalue weighted by Crippen LogP contribution is -2.09. The second-order valence-corrected chi connectivity index (χ2v) is 4.61. The topological polar surface area (TPSA) is 79.5 Å². The zero-order valence-electron chi connectivity index (χ0n) is 12.5. The third kappa shape index (κ3) is 5.09. The Hall–Kier alpha value is -2.06. The van der Waals surface area contributed by atoms with Gasteiger partial charge in [-0.3, -0.25) is 4.79 Å². The van der Waals surface area contributed by atoms with E-state index in [1.807, 2.05) is 13.0 Å². The summed E-state index contributed by atoms with van der Waals surface area (Å²) in [4.78, 5) is 11.4. The number of phenols is 1. The number of carbonyl (C=O) groups excluding carboxylic acids is 1. The number of nitrogens with zero attached hydrogens (tertiary/aromatic N) is 1. The number of aromatic hydroxyl groups is 1. The molecule has 1 rings (SSSR count). The average molecular weight is 291 g/mol. The van der Waals surface area contributed by atoms with Crippen LogP contribution >= 0.6 is 0 Å². The van der Waals surface area contributed by atoms with Crippen LogP contribution in [0.1, 0.15) is 42.6 Å². The van der Waals surface area contributed by atoms with Gasteiger partial charge in [-0.1, -0.05) is 13.3 Å². The van der Waals surface area contributed by atoms with E-state index in [9.17, 15) is 9.90 Å². The fourth-order valence-corrected chi connectivity index (χ4v) is 1.96. The molecule has 5 heteroatoms. The van der Waals surface area contributed by atoms with Crippen molar-refractivity contribution in [1.29, 1.82) is 5.26 Å². The highest BCUT2D eigenvalue weighted by Crippen LogP contribution is 2.32. The fraction of sp³-hybridized carbons (Fsp3) is 0.500. The summed E-state index contributed by atoms with van der Waals surface area (Å²) in [6, 6.07) is 5.27. The van der Waals surface area contributed by atoms with Gasteiger partial charge in [0.05, 0.1) is 31.3 Å². The first kappa shape index (κ1) is 17.0. The van der Waals surface area contributed by atoms with Crippen LogP contribution in [0.2, 0.25) is 0 Å². The fourth-order valence-electron chi connectivity index (χ4n) is 1.96. The maximum Gasteiger partial charge on any atom is 0.163 e. The largest absolute Gasteiger partial charge is 0.507 e. The van der Waals surface area contributed by atoms with Crippen molar-refractivity contribution in [2.75, 3.05) is 19.8 Å². The van der Waals surface area contributed by atoms with Gasteiger partial charge in [0.2, 0.25) is 0 Å². The van der Waals surface area contributed by atoms with Crippen LogP contribution in [0.3, 0.4) is 0 Å². The molecule has 0 radical (unpaired) electrons. The van der Waals surface area contributed by atoms with E-state index in [1.165, 1.54) is 6.92 Å². The summed E-state index contributed by atoms with van der Waals surface area (Å²) in [5, 5.41) is 18.6. The van der Waals surface area contributed by atoms with E-state index < -0.39 is 0 Å². The third-order valence-corrected chi connectivity index (χ3v) is 2.96. The molecule has 0 atom stereocenters. The molecular formula is C16H21NO4. The Bertz CT molecular complexity index is 520. The van der Waals surface area contributed by atoms with E-state index in [2.05, 4.69) is 0 Å². The lowest BCUT2D eigenvalue weighted by atomic mass is 10.0. The van der Waals surface area contributed by atoms with E-state index >= 15 is 0 Å². The van der Waals surface area contributed by atoms with Crippen LogP contribution in [-0.2, 0) is 11.2 Å². The van der Waals surface area contributed by atoms with Crippen molar-refractivity contribution < 1.29 is 19.4 Å². The van der Waals surface area contributed by atoms with E-state index in [4.69, 9.17) is 14.7 Å². The van der Waals surface area contributed by atoms with E-state index in [0.717, 1.165) is 6.42 Å². The minimum atomic E-state index is -0.170. The highest BCUT2D eigenvalue weighted by Gasteiger charge is 2.15. The third-order valence-electron chi connectivity index (χ3n) is 2.96. The number of hydrogen-bond acceptors (Lipinski definition) is 5. The molecule has 114 valence electrons. The smallest absolute Gasteiger partial charge is 0.163 e. The van der Waals surface area contributed by atoms with Crippen molar-refractivity contribution >= 4 is 5.78 Å². The Labute approximate surface area is 125 Å². The lowest BCUT2D eigenvalue weighted by molar-refractivity contribution is 0.101. The second kappa shape index (κ2) is 8.98. The van der Waals surface area contributed by atoms with Crippen molar-refractivity contribution in [2.24, 2.45) is 0 Å². The first-order valence-corrected chi connectivity index (χ1v) is 7.05. The van der Waals surface area contributed by atoms with Gasteiger partial charge in [0.1, 0.15) is 18.1 Å². The standard InChI is InChI=1S/C16H21NO4/c1-3-5-14-15(21-11-10-20-9-4-8-17)7-6-13(12(2)18)16(14)19/h6-7,19H,3-5,9-11H2,1-2H3. The molecule has 0 spiro atoms. The van der Waals surface area contributed by atoms with Crippen molar-refractivity contribution in [2.45, 2.75) is 33.1 Å². The Morgan fingerprint density at radius 3 is 2.71 bits per heavy atom. The summed E-state index contributed by atoms with van der Waals surface area (Å²) in [5.74, 6) is 0.409. The Morgan fingerprint density at radius 2 is 2.10 bits per heavy atom. The van der Waals surface area contributed by atoms with Crippen molar-refractivity contribution in [3.63, 3.8) is 0 Å². The zero-order valence-corrected chi connectivity index (χ0v) is 12.5. The number of benzene rings is 1. The van der Waals surface area contributed by atoms with Crippen LogP contribution in [0, 0.1) is 11.3 Å². The Morgan fingerprint density at radius 1 is 1.33 bits per heavy atom. The number of Topliss-reactive ketones (excluding diaryl/α,β-unsaturated/α-hetero) is 1. The minimum absolute atomic E-state index is 0.00671. The SMILES string of the molecule is CCCc1c(OCCOCCC#N)ccc(C(C)=O)c1O. The summed E-state index contributed by atoms with van der Waals surface area (Å²) >= 11 is 0. The first-order valence-electron chi connectivity index (χ1n) is 7.05. The number of rotatable bonds is 9. The van der Waals surface area contributed by atoms with Gasteiger partial charge < -0.3 is 14.6 Å². The molecule has 0 fully saturated rings.